The first-order valence-corrected chi connectivity index (χ1v) is 9.57. The Labute approximate surface area is 135 Å². The minimum absolute atomic E-state index is 0.173. The molecule has 1 N–H and O–H groups in total. The molecular formula is C18H34N2S. The Balaban J connectivity index is 1.98. The molecule has 0 bridgehead atoms. The van der Waals surface area contributed by atoms with Crippen molar-refractivity contribution in [1.29, 1.82) is 0 Å². The Kier molecular flexibility index (Phi) is 9.18. The van der Waals surface area contributed by atoms with Crippen LogP contribution in [0, 0.1) is 0 Å². The Morgan fingerprint density at radius 3 is 2.19 bits per heavy atom. The summed E-state index contributed by atoms with van der Waals surface area (Å²) < 4.78 is 0. The second-order valence-electron chi connectivity index (χ2n) is 7.03. The van der Waals surface area contributed by atoms with E-state index in [4.69, 9.17) is 4.98 Å². The van der Waals surface area contributed by atoms with E-state index in [1.165, 1.54) is 62.1 Å². The minimum atomic E-state index is 0.173. The number of hydrogen-bond donors (Lipinski definition) is 1. The van der Waals surface area contributed by atoms with Crippen molar-refractivity contribution in [3.8, 4) is 0 Å². The molecule has 0 fully saturated rings. The Morgan fingerprint density at radius 2 is 1.62 bits per heavy atom. The highest BCUT2D eigenvalue weighted by atomic mass is 32.1. The molecule has 0 atom stereocenters. The molecule has 1 rings (SSSR count). The summed E-state index contributed by atoms with van der Waals surface area (Å²) in [6, 6.07) is 0. The highest BCUT2D eigenvalue weighted by Crippen LogP contribution is 2.23. The third kappa shape index (κ3) is 8.57. The fourth-order valence-electron chi connectivity index (χ4n) is 2.32. The van der Waals surface area contributed by atoms with Crippen LogP contribution < -0.4 is 5.32 Å². The predicted octanol–water partition coefficient (Wildman–Crippen LogP) is 5.67. The van der Waals surface area contributed by atoms with Crippen molar-refractivity contribution < 1.29 is 0 Å². The summed E-state index contributed by atoms with van der Waals surface area (Å²) in [6.45, 7) is 11.0. The molecule has 1 aromatic heterocycles. The number of aromatic nitrogens is 1. The highest BCUT2D eigenvalue weighted by Gasteiger charge is 2.16. The maximum absolute atomic E-state index is 4.71. The molecule has 0 saturated carbocycles. The number of hydrogen-bond acceptors (Lipinski definition) is 3. The standard InChI is InChI=1S/C18H34N2S/c1-5-6-7-8-9-10-11-12-13-19-14-17-20-16(15-21-17)18(2,3)4/h15,19H,5-14H2,1-4H3. The number of nitrogens with one attached hydrogen (secondary N) is 1. The van der Waals surface area contributed by atoms with Crippen molar-refractivity contribution in [3.05, 3.63) is 16.1 Å². The van der Waals surface area contributed by atoms with Crippen LogP contribution in [0.15, 0.2) is 5.38 Å². The van der Waals surface area contributed by atoms with Crippen molar-refractivity contribution in [2.24, 2.45) is 0 Å². The summed E-state index contributed by atoms with van der Waals surface area (Å²) in [7, 11) is 0. The van der Waals surface area contributed by atoms with Gasteiger partial charge in [0.25, 0.3) is 0 Å². The zero-order valence-electron chi connectivity index (χ0n) is 14.5. The van der Waals surface area contributed by atoms with E-state index in [9.17, 15) is 0 Å². The second kappa shape index (κ2) is 10.3. The van der Waals surface area contributed by atoms with Crippen molar-refractivity contribution >= 4 is 11.3 Å². The quantitative estimate of drug-likeness (QED) is 0.533. The first kappa shape index (κ1) is 18.6. The molecule has 2 nitrogen and oxygen atoms in total. The molecule has 21 heavy (non-hydrogen) atoms. The molecule has 0 aromatic carbocycles. The minimum Gasteiger partial charge on any atom is -0.310 e. The molecule has 3 heteroatoms. The van der Waals surface area contributed by atoms with Crippen LogP contribution >= 0.6 is 11.3 Å². The summed E-state index contributed by atoms with van der Waals surface area (Å²) in [4.78, 5) is 4.71. The van der Waals surface area contributed by atoms with Gasteiger partial charge >= 0.3 is 0 Å². The van der Waals surface area contributed by atoms with E-state index in [-0.39, 0.29) is 5.41 Å². The number of nitrogens with zero attached hydrogens (tertiary/aromatic N) is 1. The number of thiazole rings is 1. The van der Waals surface area contributed by atoms with Crippen LogP contribution in [0.1, 0.15) is 89.8 Å². The zero-order valence-corrected chi connectivity index (χ0v) is 15.3. The van der Waals surface area contributed by atoms with Crippen molar-refractivity contribution in [3.63, 3.8) is 0 Å². The largest absolute Gasteiger partial charge is 0.310 e. The van der Waals surface area contributed by atoms with Crippen LogP contribution in [0.2, 0.25) is 0 Å². The first-order valence-electron chi connectivity index (χ1n) is 8.69. The van der Waals surface area contributed by atoms with Gasteiger partial charge < -0.3 is 5.32 Å². The van der Waals surface area contributed by atoms with E-state index in [1.807, 2.05) is 0 Å². The van der Waals surface area contributed by atoms with Crippen molar-refractivity contribution in [2.75, 3.05) is 6.54 Å². The van der Waals surface area contributed by atoms with Gasteiger partial charge in [-0.05, 0) is 13.0 Å². The fourth-order valence-corrected chi connectivity index (χ4v) is 3.31. The summed E-state index contributed by atoms with van der Waals surface area (Å²) in [5.74, 6) is 0. The van der Waals surface area contributed by atoms with Gasteiger partial charge in [-0.2, -0.15) is 0 Å². The van der Waals surface area contributed by atoms with Gasteiger partial charge in [-0.25, -0.2) is 4.98 Å². The maximum atomic E-state index is 4.71. The summed E-state index contributed by atoms with van der Waals surface area (Å²) in [6.07, 6.45) is 11.1. The van der Waals surface area contributed by atoms with Gasteiger partial charge in [0.15, 0.2) is 0 Å². The normalized spacial score (nSPS) is 12.0. The van der Waals surface area contributed by atoms with Crippen molar-refractivity contribution in [2.45, 2.75) is 91.0 Å². The molecule has 0 aliphatic carbocycles. The molecule has 0 aliphatic rings. The van der Waals surface area contributed by atoms with E-state index >= 15 is 0 Å². The molecule has 0 spiro atoms. The lowest BCUT2D eigenvalue weighted by Gasteiger charge is -2.14. The van der Waals surface area contributed by atoms with E-state index in [0.717, 1.165) is 13.1 Å². The van der Waals surface area contributed by atoms with Crippen LogP contribution in [-0.4, -0.2) is 11.5 Å². The average molecular weight is 311 g/mol. The van der Waals surface area contributed by atoms with E-state index in [2.05, 4.69) is 38.4 Å². The van der Waals surface area contributed by atoms with Gasteiger partial charge in [0.2, 0.25) is 0 Å². The number of rotatable bonds is 11. The van der Waals surface area contributed by atoms with Crippen LogP contribution in [0.5, 0.6) is 0 Å². The monoisotopic (exact) mass is 310 g/mol. The van der Waals surface area contributed by atoms with Crippen LogP contribution in [0.25, 0.3) is 0 Å². The SMILES string of the molecule is CCCCCCCCCCNCc1nc(C(C)(C)C)cs1. The van der Waals surface area contributed by atoms with Gasteiger partial charge in [-0.15, -0.1) is 11.3 Å². The lowest BCUT2D eigenvalue weighted by molar-refractivity contribution is 0.550. The Morgan fingerprint density at radius 1 is 1.00 bits per heavy atom. The smallest absolute Gasteiger partial charge is 0.107 e. The molecule has 122 valence electrons. The van der Waals surface area contributed by atoms with Gasteiger partial charge in [0.1, 0.15) is 5.01 Å². The molecule has 0 aliphatic heterocycles. The maximum Gasteiger partial charge on any atom is 0.107 e. The van der Waals surface area contributed by atoms with Gasteiger partial charge in [-0.1, -0.05) is 72.6 Å². The molecule has 0 radical (unpaired) electrons. The highest BCUT2D eigenvalue weighted by molar-refractivity contribution is 7.09. The molecule has 0 unspecified atom stereocenters. The molecular weight excluding hydrogens is 276 g/mol. The topological polar surface area (TPSA) is 24.9 Å². The molecule has 1 heterocycles. The Hall–Kier alpha value is -0.410. The lowest BCUT2D eigenvalue weighted by atomic mass is 9.93. The average Bonchev–Trinajstić information content (AvgIpc) is 2.90. The fraction of sp³-hybridized carbons (Fsp3) is 0.833. The third-order valence-corrected chi connectivity index (χ3v) is 4.65. The summed E-state index contributed by atoms with van der Waals surface area (Å²) >= 11 is 1.78. The first-order chi connectivity index (χ1) is 10.0. The predicted molar refractivity (Wildman–Crippen MR) is 95.1 cm³/mol. The third-order valence-electron chi connectivity index (χ3n) is 3.80. The van der Waals surface area contributed by atoms with Crippen LogP contribution in [0.4, 0.5) is 0 Å². The van der Waals surface area contributed by atoms with Crippen LogP contribution in [0.3, 0.4) is 0 Å². The van der Waals surface area contributed by atoms with E-state index < -0.39 is 0 Å². The van der Waals surface area contributed by atoms with Gasteiger partial charge in [-0.3, -0.25) is 0 Å². The van der Waals surface area contributed by atoms with Crippen molar-refractivity contribution in [1.82, 2.24) is 10.3 Å². The van der Waals surface area contributed by atoms with E-state index in [1.54, 1.807) is 11.3 Å². The summed E-state index contributed by atoms with van der Waals surface area (Å²) in [5, 5.41) is 6.95. The van der Waals surface area contributed by atoms with E-state index in [0.29, 0.717) is 0 Å². The second-order valence-corrected chi connectivity index (χ2v) is 7.97. The van der Waals surface area contributed by atoms with Crippen LogP contribution in [-0.2, 0) is 12.0 Å². The summed E-state index contributed by atoms with van der Waals surface area (Å²) in [5.41, 5.74) is 1.39. The molecule has 0 amide bonds. The molecule has 0 saturated heterocycles. The Bertz CT molecular complexity index is 366. The lowest BCUT2D eigenvalue weighted by Crippen LogP contribution is -2.16. The zero-order chi connectivity index (χ0) is 15.6. The van der Waals surface area contributed by atoms with Gasteiger partial charge in [0, 0.05) is 17.3 Å². The number of unbranched alkanes of at least 4 members (excludes halogenated alkanes) is 7. The van der Waals surface area contributed by atoms with Gasteiger partial charge in [0.05, 0.1) is 5.69 Å². The molecule has 1 aromatic rings.